The first-order valence-corrected chi connectivity index (χ1v) is 7.71. The van der Waals surface area contributed by atoms with Gasteiger partial charge in [-0.25, -0.2) is 0 Å². The molecule has 0 radical (unpaired) electrons. The van der Waals surface area contributed by atoms with E-state index in [9.17, 15) is 9.90 Å². The number of rotatable bonds is 4. The fourth-order valence-corrected chi connectivity index (χ4v) is 2.46. The van der Waals surface area contributed by atoms with Crippen LogP contribution in [-0.2, 0) is 6.54 Å². The van der Waals surface area contributed by atoms with Gasteiger partial charge in [0, 0.05) is 11.8 Å². The Morgan fingerprint density at radius 1 is 1.00 bits per heavy atom. The molecule has 0 fully saturated rings. The molecule has 0 spiro atoms. The summed E-state index contributed by atoms with van der Waals surface area (Å²) < 4.78 is 0. The summed E-state index contributed by atoms with van der Waals surface area (Å²) in [6, 6.07) is 19.8. The third-order valence-corrected chi connectivity index (χ3v) is 3.76. The van der Waals surface area contributed by atoms with Crippen molar-refractivity contribution in [1.29, 1.82) is 0 Å². The normalized spacial score (nSPS) is 10.4. The maximum absolute atomic E-state index is 13.0. The van der Waals surface area contributed by atoms with Gasteiger partial charge >= 0.3 is 0 Å². The van der Waals surface area contributed by atoms with Gasteiger partial charge in [0.1, 0.15) is 5.75 Å². The molecule has 4 heteroatoms. The first-order valence-electron chi connectivity index (χ1n) is 7.71. The number of benzene rings is 2. The highest BCUT2D eigenvalue weighted by molar-refractivity contribution is 6.06. The van der Waals surface area contributed by atoms with E-state index in [1.54, 1.807) is 47.5 Å². The summed E-state index contributed by atoms with van der Waals surface area (Å²) in [5.41, 5.74) is 2.88. The van der Waals surface area contributed by atoms with Gasteiger partial charge in [0.2, 0.25) is 0 Å². The summed E-state index contributed by atoms with van der Waals surface area (Å²) in [6.07, 6.45) is 1.69. The molecule has 2 aromatic carbocycles. The Bertz CT molecular complexity index is 830. The lowest BCUT2D eigenvalue weighted by Crippen LogP contribution is -2.30. The number of aromatic nitrogens is 1. The number of aromatic hydroxyl groups is 1. The van der Waals surface area contributed by atoms with Crippen molar-refractivity contribution >= 4 is 11.6 Å². The quantitative estimate of drug-likeness (QED) is 0.792. The number of para-hydroxylation sites is 2. The zero-order chi connectivity index (χ0) is 16.9. The van der Waals surface area contributed by atoms with Crippen LogP contribution in [0, 0.1) is 6.92 Å². The predicted molar refractivity (Wildman–Crippen MR) is 94.0 cm³/mol. The largest absolute Gasteiger partial charge is 0.506 e. The summed E-state index contributed by atoms with van der Waals surface area (Å²) in [5.74, 6) is -0.115. The lowest BCUT2D eigenvalue weighted by atomic mass is 10.1. The summed E-state index contributed by atoms with van der Waals surface area (Å²) in [6.45, 7) is 2.26. The lowest BCUT2D eigenvalue weighted by Gasteiger charge is -2.23. The summed E-state index contributed by atoms with van der Waals surface area (Å²) in [5, 5.41) is 10.2. The zero-order valence-electron chi connectivity index (χ0n) is 13.4. The van der Waals surface area contributed by atoms with E-state index in [-0.39, 0.29) is 18.2 Å². The van der Waals surface area contributed by atoms with Crippen LogP contribution in [0.2, 0.25) is 0 Å². The Labute approximate surface area is 141 Å². The second-order valence-corrected chi connectivity index (χ2v) is 5.57. The minimum absolute atomic E-state index is 0.0638. The Hall–Kier alpha value is -3.14. The maximum atomic E-state index is 13.0. The van der Waals surface area contributed by atoms with Crippen LogP contribution >= 0.6 is 0 Å². The van der Waals surface area contributed by atoms with Crippen molar-refractivity contribution in [2.75, 3.05) is 4.90 Å². The van der Waals surface area contributed by atoms with Crippen LogP contribution < -0.4 is 4.90 Å². The van der Waals surface area contributed by atoms with Crippen molar-refractivity contribution in [3.05, 3.63) is 89.7 Å². The molecule has 3 rings (SSSR count). The molecule has 3 aromatic rings. The van der Waals surface area contributed by atoms with Crippen LogP contribution in [0.3, 0.4) is 0 Å². The molecule has 0 aliphatic carbocycles. The molecule has 0 saturated heterocycles. The third-order valence-electron chi connectivity index (χ3n) is 3.76. The number of aryl methyl sites for hydroxylation is 1. The Morgan fingerprint density at radius 2 is 1.71 bits per heavy atom. The van der Waals surface area contributed by atoms with Crippen LogP contribution in [0.15, 0.2) is 72.9 Å². The molecule has 0 bridgehead atoms. The average molecular weight is 318 g/mol. The van der Waals surface area contributed by atoms with E-state index in [0.29, 0.717) is 11.3 Å². The van der Waals surface area contributed by atoms with Crippen LogP contribution in [-0.4, -0.2) is 16.0 Å². The molecule has 120 valence electrons. The van der Waals surface area contributed by atoms with Crippen molar-refractivity contribution in [3.8, 4) is 5.75 Å². The number of amides is 1. The first kappa shape index (κ1) is 15.7. The molecule has 1 aromatic heterocycles. The van der Waals surface area contributed by atoms with Crippen LogP contribution in [0.25, 0.3) is 0 Å². The molecule has 1 amide bonds. The molecule has 0 aliphatic heterocycles. The van der Waals surface area contributed by atoms with Gasteiger partial charge in [-0.3, -0.25) is 14.7 Å². The number of anilines is 1. The molecular formula is C20H18N2O2. The standard InChI is InChI=1S/C20H18N2O2/c1-15-9-11-16(12-10-15)20(24)22(14-17-6-4-5-13-21-17)18-7-2-3-8-19(18)23/h2-13,23H,14H2,1H3. The molecule has 0 aliphatic rings. The van der Waals surface area contributed by atoms with Crippen molar-refractivity contribution in [3.63, 3.8) is 0 Å². The van der Waals surface area contributed by atoms with Gasteiger partial charge in [0.15, 0.2) is 0 Å². The monoisotopic (exact) mass is 318 g/mol. The Morgan fingerprint density at radius 3 is 2.38 bits per heavy atom. The number of phenolic OH excluding ortho intramolecular Hbond substituents is 1. The predicted octanol–water partition coefficient (Wildman–Crippen LogP) is 3.94. The van der Waals surface area contributed by atoms with Crippen molar-refractivity contribution in [1.82, 2.24) is 4.98 Å². The number of nitrogens with zero attached hydrogens (tertiary/aromatic N) is 2. The van der Waals surface area contributed by atoms with E-state index in [4.69, 9.17) is 0 Å². The minimum atomic E-state index is -0.179. The Balaban J connectivity index is 2.00. The van der Waals surface area contributed by atoms with E-state index < -0.39 is 0 Å². The van der Waals surface area contributed by atoms with Crippen molar-refractivity contribution in [2.45, 2.75) is 13.5 Å². The van der Waals surface area contributed by atoms with E-state index in [1.807, 2.05) is 37.3 Å². The third kappa shape index (κ3) is 3.43. The van der Waals surface area contributed by atoms with Crippen LogP contribution in [0.4, 0.5) is 5.69 Å². The van der Waals surface area contributed by atoms with Gasteiger partial charge in [-0.2, -0.15) is 0 Å². The van der Waals surface area contributed by atoms with Gasteiger partial charge < -0.3 is 5.11 Å². The lowest BCUT2D eigenvalue weighted by molar-refractivity contribution is 0.0984. The molecule has 24 heavy (non-hydrogen) atoms. The van der Waals surface area contributed by atoms with E-state index in [0.717, 1.165) is 11.3 Å². The minimum Gasteiger partial charge on any atom is -0.506 e. The number of hydrogen-bond acceptors (Lipinski definition) is 3. The smallest absolute Gasteiger partial charge is 0.258 e. The fraction of sp³-hybridized carbons (Fsp3) is 0.100. The number of carbonyl (C=O) groups excluding carboxylic acids is 1. The zero-order valence-corrected chi connectivity index (χ0v) is 13.4. The van der Waals surface area contributed by atoms with Gasteiger partial charge in [-0.15, -0.1) is 0 Å². The number of pyridine rings is 1. The molecule has 4 nitrogen and oxygen atoms in total. The fourth-order valence-electron chi connectivity index (χ4n) is 2.46. The van der Waals surface area contributed by atoms with E-state index >= 15 is 0 Å². The van der Waals surface area contributed by atoms with Crippen LogP contribution in [0.5, 0.6) is 5.75 Å². The number of hydrogen-bond donors (Lipinski definition) is 1. The molecule has 0 unspecified atom stereocenters. The van der Waals surface area contributed by atoms with Gasteiger partial charge in [0.25, 0.3) is 5.91 Å². The maximum Gasteiger partial charge on any atom is 0.258 e. The highest BCUT2D eigenvalue weighted by Gasteiger charge is 2.21. The number of carbonyl (C=O) groups is 1. The second-order valence-electron chi connectivity index (χ2n) is 5.57. The molecule has 0 atom stereocenters. The highest BCUT2D eigenvalue weighted by atomic mass is 16.3. The average Bonchev–Trinajstić information content (AvgIpc) is 2.61. The van der Waals surface area contributed by atoms with Crippen molar-refractivity contribution < 1.29 is 9.90 Å². The first-order chi connectivity index (χ1) is 11.6. The van der Waals surface area contributed by atoms with E-state index in [2.05, 4.69) is 4.98 Å². The topological polar surface area (TPSA) is 53.4 Å². The second kappa shape index (κ2) is 6.96. The number of phenols is 1. The Kier molecular flexibility index (Phi) is 4.57. The molecule has 1 heterocycles. The van der Waals surface area contributed by atoms with Crippen LogP contribution in [0.1, 0.15) is 21.6 Å². The summed E-state index contributed by atoms with van der Waals surface area (Å²) in [7, 11) is 0. The molecule has 1 N–H and O–H groups in total. The van der Waals surface area contributed by atoms with Gasteiger partial charge in [0.05, 0.1) is 17.9 Å². The highest BCUT2D eigenvalue weighted by Crippen LogP contribution is 2.29. The molecular weight excluding hydrogens is 300 g/mol. The van der Waals surface area contributed by atoms with Crippen molar-refractivity contribution in [2.24, 2.45) is 0 Å². The van der Waals surface area contributed by atoms with E-state index in [1.165, 1.54) is 0 Å². The SMILES string of the molecule is Cc1ccc(C(=O)N(Cc2ccccn2)c2ccccc2O)cc1. The molecule has 0 saturated carbocycles. The summed E-state index contributed by atoms with van der Waals surface area (Å²) >= 11 is 0. The van der Waals surface area contributed by atoms with Gasteiger partial charge in [-0.1, -0.05) is 35.9 Å². The van der Waals surface area contributed by atoms with Gasteiger partial charge in [-0.05, 0) is 43.3 Å². The summed E-state index contributed by atoms with van der Waals surface area (Å²) in [4.78, 5) is 18.8.